The summed E-state index contributed by atoms with van der Waals surface area (Å²) < 4.78 is 26.3. The summed E-state index contributed by atoms with van der Waals surface area (Å²) in [7, 11) is -3.15. The van der Waals surface area contributed by atoms with Gasteiger partial charge in [-0.3, -0.25) is 4.90 Å². The highest BCUT2D eigenvalue weighted by atomic mass is 32.2. The molecule has 2 heterocycles. The molecule has 0 aromatic heterocycles. The number of β-amino-alcohol motifs (C(OH)–C–C–N with tert-alkyl or cyclic N) is 1. The van der Waals surface area contributed by atoms with E-state index in [2.05, 4.69) is 4.90 Å². The Balaban J connectivity index is 1.76. The van der Waals surface area contributed by atoms with Gasteiger partial charge in [0.1, 0.15) is 0 Å². The Bertz CT molecular complexity index is 514. The van der Waals surface area contributed by atoms with Crippen LogP contribution >= 0.6 is 0 Å². The molecule has 3 rings (SSSR count). The summed E-state index contributed by atoms with van der Waals surface area (Å²) in [4.78, 5) is 2.43. The van der Waals surface area contributed by atoms with Crippen molar-refractivity contribution in [2.45, 2.75) is 88.3 Å². The van der Waals surface area contributed by atoms with E-state index in [0.29, 0.717) is 6.54 Å². The highest BCUT2D eigenvalue weighted by molar-refractivity contribution is 7.88. The summed E-state index contributed by atoms with van der Waals surface area (Å²) in [6, 6.07) is 0.383. The van der Waals surface area contributed by atoms with Gasteiger partial charge < -0.3 is 5.11 Å². The Kier molecular flexibility index (Phi) is 5.90. The number of fused-ring (bicyclic) bond motifs is 1. The average molecular weight is 359 g/mol. The van der Waals surface area contributed by atoms with Gasteiger partial charge >= 0.3 is 0 Å². The minimum atomic E-state index is -3.15. The first-order valence-electron chi connectivity index (χ1n) is 9.82. The largest absolute Gasteiger partial charge is 0.389 e. The predicted octanol–water partition coefficient (Wildman–Crippen LogP) is 2.35. The molecule has 3 fully saturated rings. The van der Waals surface area contributed by atoms with Gasteiger partial charge in [0, 0.05) is 25.2 Å². The lowest BCUT2D eigenvalue weighted by molar-refractivity contribution is -0.0386. The molecule has 0 aromatic rings. The van der Waals surface area contributed by atoms with Crippen LogP contribution in [0.4, 0.5) is 0 Å². The number of sulfonamides is 1. The third-order valence-electron chi connectivity index (χ3n) is 6.31. The zero-order valence-electron chi connectivity index (χ0n) is 15.1. The molecule has 5 nitrogen and oxygen atoms in total. The lowest BCUT2D eigenvalue weighted by Gasteiger charge is -2.46. The number of piperidine rings is 1. The summed E-state index contributed by atoms with van der Waals surface area (Å²) in [5.74, 6) is 0. The van der Waals surface area contributed by atoms with Gasteiger partial charge in [-0.25, -0.2) is 8.42 Å². The van der Waals surface area contributed by atoms with Crippen molar-refractivity contribution in [3.63, 3.8) is 0 Å². The maximum atomic E-state index is 12.3. The summed E-state index contributed by atoms with van der Waals surface area (Å²) in [5.41, 5.74) is -0.569. The molecule has 0 aromatic carbocycles. The topological polar surface area (TPSA) is 60.9 Å². The van der Waals surface area contributed by atoms with Gasteiger partial charge in [-0.15, -0.1) is 0 Å². The highest BCUT2D eigenvalue weighted by Gasteiger charge is 2.42. The number of likely N-dealkylation sites (tertiary alicyclic amines) is 1. The fourth-order valence-electron chi connectivity index (χ4n) is 5.13. The first-order chi connectivity index (χ1) is 11.4. The van der Waals surface area contributed by atoms with Crippen LogP contribution in [0.2, 0.25) is 0 Å². The zero-order valence-corrected chi connectivity index (χ0v) is 15.9. The Labute approximate surface area is 147 Å². The second-order valence-corrected chi connectivity index (χ2v) is 10.2. The molecule has 6 heteroatoms. The van der Waals surface area contributed by atoms with Crippen LogP contribution in [0.15, 0.2) is 0 Å². The van der Waals surface area contributed by atoms with E-state index in [0.717, 1.165) is 70.9 Å². The lowest BCUT2D eigenvalue weighted by Crippen LogP contribution is -2.58. The van der Waals surface area contributed by atoms with E-state index < -0.39 is 15.6 Å². The summed E-state index contributed by atoms with van der Waals surface area (Å²) in [5, 5.41) is 11.1. The van der Waals surface area contributed by atoms with Crippen LogP contribution in [-0.2, 0) is 10.0 Å². The van der Waals surface area contributed by atoms with E-state index in [1.165, 1.54) is 19.1 Å². The van der Waals surface area contributed by atoms with Gasteiger partial charge in [-0.05, 0) is 45.1 Å². The van der Waals surface area contributed by atoms with Gasteiger partial charge in [-0.1, -0.05) is 32.1 Å². The quantitative estimate of drug-likeness (QED) is 0.787. The Morgan fingerprint density at radius 1 is 0.917 bits per heavy atom. The Morgan fingerprint density at radius 2 is 1.58 bits per heavy atom. The Hall–Kier alpha value is -0.170. The van der Waals surface area contributed by atoms with Crippen molar-refractivity contribution in [3.8, 4) is 0 Å². The molecule has 0 spiro atoms. The molecule has 0 unspecified atom stereocenters. The van der Waals surface area contributed by atoms with E-state index >= 15 is 0 Å². The number of hydrogen-bond donors (Lipinski definition) is 1. The van der Waals surface area contributed by atoms with Gasteiger partial charge in [0.05, 0.1) is 11.9 Å². The number of aliphatic hydroxyl groups is 1. The van der Waals surface area contributed by atoms with Crippen LogP contribution in [0.5, 0.6) is 0 Å². The monoisotopic (exact) mass is 358 g/mol. The molecule has 3 aliphatic rings. The van der Waals surface area contributed by atoms with Crippen LogP contribution < -0.4 is 0 Å². The number of rotatable bonds is 3. The fraction of sp³-hybridized carbons (Fsp3) is 1.00. The van der Waals surface area contributed by atoms with Crippen molar-refractivity contribution < 1.29 is 13.5 Å². The first kappa shape index (κ1) is 18.6. The second-order valence-electron chi connectivity index (χ2n) is 8.26. The minimum absolute atomic E-state index is 0.102. The van der Waals surface area contributed by atoms with Crippen molar-refractivity contribution >= 4 is 10.0 Å². The minimum Gasteiger partial charge on any atom is -0.389 e. The highest BCUT2D eigenvalue weighted by Crippen LogP contribution is 2.34. The molecule has 1 N–H and O–H groups in total. The van der Waals surface area contributed by atoms with E-state index in [9.17, 15) is 13.5 Å². The van der Waals surface area contributed by atoms with Crippen LogP contribution in [0.1, 0.15) is 70.6 Å². The van der Waals surface area contributed by atoms with Gasteiger partial charge in [0.15, 0.2) is 0 Å². The first-order valence-corrected chi connectivity index (χ1v) is 11.7. The van der Waals surface area contributed by atoms with Crippen LogP contribution in [0.3, 0.4) is 0 Å². The summed E-state index contributed by atoms with van der Waals surface area (Å²) in [6.45, 7) is 2.39. The molecule has 24 heavy (non-hydrogen) atoms. The fourth-order valence-corrected chi connectivity index (χ4v) is 6.33. The SMILES string of the molecule is CS(=O)(=O)N1CCCC[C@@H]2[C@H]1CCCN2CC1(O)CCCCCC1. The molecule has 0 bridgehead atoms. The molecule has 2 aliphatic heterocycles. The zero-order chi connectivity index (χ0) is 17.2. The van der Waals surface area contributed by atoms with E-state index in [4.69, 9.17) is 0 Å². The number of hydrogen-bond acceptors (Lipinski definition) is 4. The maximum Gasteiger partial charge on any atom is 0.211 e. The third-order valence-corrected chi connectivity index (χ3v) is 7.62. The van der Waals surface area contributed by atoms with Crippen molar-refractivity contribution in [1.82, 2.24) is 9.21 Å². The maximum absolute atomic E-state index is 12.3. The van der Waals surface area contributed by atoms with Gasteiger partial charge in [0.2, 0.25) is 10.0 Å². The van der Waals surface area contributed by atoms with Crippen molar-refractivity contribution in [2.75, 3.05) is 25.9 Å². The van der Waals surface area contributed by atoms with E-state index in [-0.39, 0.29) is 12.1 Å². The smallest absolute Gasteiger partial charge is 0.211 e. The normalized spacial score (nSPS) is 33.4. The predicted molar refractivity (Wildman–Crippen MR) is 96.4 cm³/mol. The van der Waals surface area contributed by atoms with Crippen molar-refractivity contribution in [3.05, 3.63) is 0 Å². The molecule has 2 atom stereocenters. The molecule has 0 amide bonds. The molecular weight excluding hydrogens is 324 g/mol. The Morgan fingerprint density at radius 3 is 2.25 bits per heavy atom. The van der Waals surface area contributed by atoms with Crippen molar-refractivity contribution in [2.24, 2.45) is 0 Å². The van der Waals surface area contributed by atoms with E-state index in [1.54, 1.807) is 4.31 Å². The molecule has 1 aliphatic carbocycles. The standard InChI is InChI=1S/C18H34N2O3S/c1-24(22,23)20-14-7-4-9-16-17(20)10-8-13-19(16)15-18(21)11-5-2-3-6-12-18/h16-17,21H,2-15H2,1H3/t16-,17-/m1/s1. The molecule has 140 valence electrons. The molecular formula is C18H34N2O3S. The van der Waals surface area contributed by atoms with Crippen molar-refractivity contribution in [1.29, 1.82) is 0 Å². The average Bonchev–Trinajstić information content (AvgIpc) is 2.85. The summed E-state index contributed by atoms with van der Waals surface area (Å²) >= 11 is 0. The van der Waals surface area contributed by atoms with Gasteiger partial charge in [-0.2, -0.15) is 4.31 Å². The van der Waals surface area contributed by atoms with E-state index in [1.807, 2.05) is 0 Å². The van der Waals surface area contributed by atoms with Crippen LogP contribution in [0, 0.1) is 0 Å². The van der Waals surface area contributed by atoms with Crippen LogP contribution in [0.25, 0.3) is 0 Å². The third kappa shape index (κ3) is 4.32. The molecule has 0 radical (unpaired) electrons. The van der Waals surface area contributed by atoms with Gasteiger partial charge in [0.25, 0.3) is 0 Å². The molecule has 2 saturated heterocycles. The second kappa shape index (κ2) is 7.60. The molecule has 1 saturated carbocycles. The summed E-state index contributed by atoms with van der Waals surface area (Å²) in [6.07, 6.45) is 13.0. The van der Waals surface area contributed by atoms with Crippen LogP contribution in [-0.4, -0.2) is 66.3 Å². The lowest BCUT2D eigenvalue weighted by atomic mass is 9.88. The number of nitrogens with zero attached hydrogens (tertiary/aromatic N) is 2.